The summed E-state index contributed by atoms with van der Waals surface area (Å²) < 4.78 is 6.08. The predicted molar refractivity (Wildman–Crippen MR) is 125 cm³/mol. The Labute approximate surface area is 190 Å². The van der Waals surface area contributed by atoms with Crippen LogP contribution in [-0.2, 0) is 9.53 Å². The van der Waals surface area contributed by atoms with Gasteiger partial charge in [0.05, 0.1) is 12.0 Å². The second-order valence-corrected chi connectivity index (χ2v) is 12.3. The average molecular weight is 434 g/mol. The van der Waals surface area contributed by atoms with E-state index in [1.165, 1.54) is 38.5 Å². The fourth-order valence-electron chi connectivity index (χ4n) is 8.95. The molecule has 4 fully saturated rings. The molecule has 0 radical (unpaired) electrons. The summed E-state index contributed by atoms with van der Waals surface area (Å²) in [6, 6.07) is 0.460. The van der Waals surface area contributed by atoms with Crippen LogP contribution in [0.3, 0.4) is 0 Å². The number of nitrogens with one attached hydrogen (secondary N) is 1. The standard InChI is InChI=1S/C27H47NO3/c1-6-31-19-11-13-26(4)18(15-19)7-8-20-21-9-10-22(25(29)30)27(21,5)16-23(24(20)26)28-14-12-17(2)3/h17-24,28H,6-16H2,1-5H3,(H,29,30)/t18?,19?,20-,21-,22?,23?,24-,26-,27-/m0/s1. The van der Waals surface area contributed by atoms with E-state index >= 15 is 0 Å². The first-order valence-corrected chi connectivity index (χ1v) is 13.3. The summed E-state index contributed by atoms with van der Waals surface area (Å²) in [5, 5.41) is 14.1. The molecule has 0 spiro atoms. The Kier molecular flexibility index (Phi) is 6.81. The van der Waals surface area contributed by atoms with Gasteiger partial charge < -0.3 is 15.2 Å². The minimum Gasteiger partial charge on any atom is -0.481 e. The summed E-state index contributed by atoms with van der Waals surface area (Å²) >= 11 is 0. The lowest BCUT2D eigenvalue weighted by molar-refractivity contribution is -0.161. The molecular weight excluding hydrogens is 386 g/mol. The van der Waals surface area contributed by atoms with E-state index in [1.807, 2.05) is 0 Å². The zero-order valence-corrected chi connectivity index (χ0v) is 20.7. The maximum Gasteiger partial charge on any atom is 0.307 e. The van der Waals surface area contributed by atoms with Crippen LogP contribution in [0.15, 0.2) is 0 Å². The van der Waals surface area contributed by atoms with Gasteiger partial charge in [-0.05, 0) is 112 Å². The minimum atomic E-state index is -0.554. The molecular formula is C27H47NO3. The Morgan fingerprint density at radius 3 is 2.58 bits per heavy atom. The second-order valence-electron chi connectivity index (χ2n) is 12.3. The van der Waals surface area contributed by atoms with Crippen molar-refractivity contribution < 1.29 is 14.6 Å². The molecule has 0 aromatic heterocycles. The van der Waals surface area contributed by atoms with E-state index in [0.29, 0.717) is 41.2 Å². The molecule has 9 atom stereocenters. The van der Waals surface area contributed by atoms with Gasteiger partial charge in [0.15, 0.2) is 0 Å². The molecule has 0 heterocycles. The van der Waals surface area contributed by atoms with Crippen LogP contribution < -0.4 is 5.32 Å². The van der Waals surface area contributed by atoms with Gasteiger partial charge in [0.25, 0.3) is 0 Å². The van der Waals surface area contributed by atoms with Gasteiger partial charge in [-0.2, -0.15) is 0 Å². The molecule has 4 rings (SSSR count). The summed E-state index contributed by atoms with van der Waals surface area (Å²) in [5.41, 5.74) is 0.322. The Bertz CT molecular complexity index is 650. The molecule has 31 heavy (non-hydrogen) atoms. The molecule has 4 nitrogen and oxygen atoms in total. The predicted octanol–water partition coefficient (Wildman–Crippen LogP) is 5.75. The highest BCUT2D eigenvalue weighted by atomic mass is 16.5. The highest BCUT2D eigenvalue weighted by Gasteiger charge is 2.64. The molecule has 4 heteroatoms. The first-order valence-electron chi connectivity index (χ1n) is 13.3. The zero-order chi connectivity index (χ0) is 22.4. The van der Waals surface area contributed by atoms with Crippen molar-refractivity contribution in [3.63, 3.8) is 0 Å². The summed E-state index contributed by atoms with van der Waals surface area (Å²) in [6.45, 7) is 13.5. The lowest BCUT2D eigenvalue weighted by atomic mass is 9.43. The van der Waals surface area contributed by atoms with Gasteiger partial charge >= 0.3 is 5.97 Å². The molecule has 0 saturated heterocycles. The van der Waals surface area contributed by atoms with E-state index in [4.69, 9.17) is 4.74 Å². The smallest absolute Gasteiger partial charge is 0.307 e. The van der Waals surface area contributed by atoms with Crippen LogP contribution in [0.2, 0.25) is 0 Å². The maximum atomic E-state index is 12.2. The van der Waals surface area contributed by atoms with Crippen molar-refractivity contribution in [3.05, 3.63) is 0 Å². The van der Waals surface area contributed by atoms with Crippen molar-refractivity contribution in [3.8, 4) is 0 Å². The van der Waals surface area contributed by atoms with Crippen LogP contribution in [-0.4, -0.2) is 36.4 Å². The number of carbonyl (C=O) groups is 1. The Morgan fingerprint density at radius 2 is 1.90 bits per heavy atom. The lowest BCUT2D eigenvalue weighted by Crippen LogP contribution is -2.62. The Balaban J connectivity index is 1.62. The van der Waals surface area contributed by atoms with Gasteiger partial charge in [-0.15, -0.1) is 0 Å². The maximum absolute atomic E-state index is 12.2. The van der Waals surface area contributed by atoms with Gasteiger partial charge in [0.2, 0.25) is 0 Å². The third-order valence-electron chi connectivity index (χ3n) is 10.4. The highest BCUT2D eigenvalue weighted by Crippen LogP contribution is 2.67. The molecule has 0 aliphatic heterocycles. The van der Waals surface area contributed by atoms with Crippen molar-refractivity contribution in [2.75, 3.05) is 13.2 Å². The molecule has 4 unspecified atom stereocenters. The molecule has 0 aromatic carbocycles. The van der Waals surface area contributed by atoms with Crippen LogP contribution in [0.1, 0.15) is 92.4 Å². The molecule has 4 aliphatic carbocycles. The van der Waals surface area contributed by atoms with Crippen molar-refractivity contribution in [1.29, 1.82) is 0 Å². The van der Waals surface area contributed by atoms with Crippen molar-refractivity contribution >= 4 is 5.97 Å². The van der Waals surface area contributed by atoms with Crippen molar-refractivity contribution in [2.24, 2.45) is 46.3 Å². The number of carboxylic acids is 1. The van der Waals surface area contributed by atoms with E-state index in [2.05, 4.69) is 39.9 Å². The number of hydrogen-bond acceptors (Lipinski definition) is 3. The monoisotopic (exact) mass is 433 g/mol. The van der Waals surface area contributed by atoms with Gasteiger partial charge in [-0.1, -0.05) is 27.7 Å². The third-order valence-corrected chi connectivity index (χ3v) is 10.4. The SMILES string of the molecule is CCOC1CC[C@@]2(C)C(CC[C@@H]3[C@H]2C(NCCC(C)C)C[C@]2(C)C(C(=O)O)CC[C@@H]32)C1. The number of hydrogen-bond donors (Lipinski definition) is 2. The largest absolute Gasteiger partial charge is 0.481 e. The van der Waals surface area contributed by atoms with E-state index in [1.54, 1.807) is 0 Å². The Morgan fingerprint density at radius 1 is 1.13 bits per heavy atom. The average Bonchev–Trinajstić information content (AvgIpc) is 3.05. The van der Waals surface area contributed by atoms with Crippen LogP contribution in [0.5, 0.6) is 0 Å². The van der Waals surface area contributed by atoms with Crippen molar-refractivity contribution in [2.45, 2.75) is 105 Å². The Hall–Kier alpha value is -0.610. The summed E-state index contributed by atoms with van der Waals surface area (Å²) in [5.74, 6) is 2.70. The summed E-state index contributed by atoms with van der Waals surface area (Å²) in [7, 11) is 0. The lowest BCUT2D eigenvalue weighted by Gasteiger charge is -2.63. The number of aliphatic carboxylic acids is 1. The van der Waals surface area contributed by atoms with Gasteiger partial charge in [-0.3, -0.25) is 4.79 Å². The van der Waals surface area contributed by atoms with Crippen LogP contribution in [0.25, 0.3) is 0 Å². The first-order chi connectivity index (χ1) is 14.7. The molecule has 178 valence electrons. The van der Waals surface area contributed by atoms with Gasteiger partial charge in [-0.25, -0.2) is 0 Å². The third kappa shape index (κ3) is 4.09. The summed E-state index contributed by atoms with van der Waals surface area (Å²) in [4.78, 5) is 12.2. The number of rotatable bonds is 7. The quantitative estimate of drug-likeness (QED) is 0.537. The normalized spacial score (nSPS) is 47.0. The second kappa shape index (κ2) is 8.97. The van der Waals surface area contributed by atoms with E-state index < -0.39 is 5.97 Å². The van der Waals surface area contributed by atoms with Gasteiger partial charge in [0.1, 0.15) is 0 Å². The highest BCUT2D eigenvalue weighted by molar-refractivity contribution is 5.71. The van der Waals surface area contributed by atoms with E-state index in [0.717, 1.165) is 38.3 Å². The fraction of sp³-hybridized carbons (Fsp3) is 0.963. The molecule has 2 N–H and O–H groups in total. The zero-order valence-electron chi connectivity index (χ0n) is 20.7. The van der Waals surface area contributed by atoms with Crippen molar-refractivity contribution in [1.82, 2.24) is 5.32 Å². The summed E-state index contributed by atoms with van der Waals surface area (Å²) in [6.07, 6.45) is 11.0. The van der Waals surface area contributed by atoms with E-state index in [9.17, 15) is 9.90 Å². The topological polar surface area (TPSA) is 58.6 Å². The van der Waals surface area contributed by atoms with Crippen LogP contribution in [0.4, 0.5) is 0 Å². The number of fused-ring (bicyclic) bond motifs is 5. The van der Waals surface area contributed by atoms with Crippen LogP contribution in [0, 0.1) is 46.3 Å². The fourth-order valence-corrected chi connectivity index (χ4v) is 8.95. The minimum absolute atomic E-state index is 0.0474. The number of ether oxygens (including phenoxy) is 1. The van der Waals surface area contributed by atoms with E-state index in [-0.39, 0.29) is 11.3 Å². The molecule has 4 saturated carbocycles. The number of carboxylic acid groups (broad SMARTS) is 1. The first kappa shape index (κ1) is 23.5. The molecule has 0 bridgehead atoms. The van der Waals surface area contributed by atoms with Crippen LogP contribution >= 0.6 is 0 Å². The molecule has 4 aliphatic rings. The van der Waals surface area contributed by atoms with Gasteiger partial charge in [0, 0.05) is 12.6 Å². The molecule has 0 aromatic rings. The molecule has 0 amide bonds.